The van der Waals surface area contributed by atoms with E-state index >= 15 is 0 Å². The van der Waals surface area contributed by atoms with E-state index in [0.717, 1.165) is 0 Å². The van der Waals surface area contributed by atoms with Crippen LogP contribution in [0.4, 0.5) is 0 Å². The minimum Gasteiger partial charge on any atom is -0.183 e. The van der Waals surface area contributed by atoms with Crippen LogP contribution in [0, 0.1) is 10.2 Å². The summed E-state index contributed by atoms with van der Waals surface area (Å²) in [5.41, 5.74) is 0. The Kier molecular flexibility index (Phi) is 14.5. The molecule has 0 saturated heterocycles. The first-order chi connectivity index (χ1) is 6.85. The van der Waals surface area contributed by atoms with Crippen LogP contribution in [0.2, 0.25) is 4.93 Å². The topological polar surface area (TPSA) is 89.4 Å². The van der Waals surface area contributed by atoms with E-state index in [1.54, 1.807) is 0 Å². The summed E-state index contributed by atoms with van der Waals surface area (Å²) < 4.78 is 32.7. The zero-order valence-corrected chi connectivity index (χ0v) is 12.6. The molecule has 0 atom stereocenters. The van der Waals surface area contributed by atoms with Gasteiger partial charge in [0.15, 0.2) is 0 Å². The molecule has 0 aliphatic carbocycles. The number of hydrogen-bond acceptors (Lipinski definition) is 4. The van der Waals surface area contributed by atoms with Gasteiger partial charge in [0.05, 0.1) is 14.9 Å². The Hall–Kier alpha value is 1.21. The molecule has 0 bridgehead atoms. The Morgan fingerprint density at radius 1 is 1.07 bits per heavy atom. The van der Waals surface area contributed by atoms with Gasteiger partial charge in [-0.1, -0.05) is 0 Å². The molecule has 0 heterocycles. The van der Waals surface area contributed by atoms with E-state index in [-0.39, 0.29) is 0 Å². The van der Waals surface area contributed by atoms with Crippen LogP contribution < -0.4 is 14.0 Å². The van der Waals surface area contributed by atoms with Gasteiger partial charge in [0, 0.05) is 0 Å². The molecule has 0 aromatic rings. The second-order valence-electron chi connectivity index (χ2n) is 2.93. The maximum Gasteiger partial charge on any atom is 0.0777 e. The van der Waals surface area contributed by atoms with E-state index in [4.69, 9.17) is 18.6 Å². The Bertz CT molecular complexity index is 114. The molecule has 7 heteroatoms. The van der Waals surface area contributed by atoms with Crippen LogP contribution in [-0.2, 0) is 18.9 Å². The molecule has 0 aliphatic rings. The van der Waals surface area contributed by atoms with Crippen molar-refractivity contribution in [2.45, 2.75) is 31.6 Å². The van der Waals surface area contributed by atoms with Crippen molar-refractivity contribution in [1.82, 2.24) is 0 Å². The summed E-state index contributed by atoms with van der Waals surface area (Å²) in [5, 5.41) is 0. The minimum atomic E-state index is -4.69. The summed E-state index contributed by atoms with van der Waals surface area (Å²) in [6, 6.07) is 0. The van der Waals surface area contributed by atoms with Crippen LogP contribution in [0.25, 0.3) is 0 Å². The van der Waals surface area contributed by atoms with Crippen LogP contribution in [0.3, 0.4) is 0 Å². The van der Waals surface area contributed by atoms with Crippen LogP contribution in [0.5, 0.6) is 0 Å². The molecule has 4 nitrogen and oxygen atoms in total. The summed E-state index contributed by atoms with van der Waals surface area (Å²) in [5.74, 6) is 0. The first-order valence-electron chi connectivity index (χ1n) is 4.76. The molecule has 0 radical (unpaired) electrons. The van der Waals surface area contributed by atoms with E-state index in [0.29, 0.717) is 7.92 Å². The van der Waals surface area contributed by atoms with Gasteiger partial charge in [-0.2, -0.15) is 14.0 Å². The quantitative estimate of drug-likeness (QED) is 0.635. The molecule has 0 amide bonds. The van der Waals surface area contributed by atoms with E-state index in [2.05, 4.69) is 32.7 Å². The summed E-state index contributed by atoms with van der Waals surface area (Å²) in [6.45, 7) is 4.61. The van der Waals surface area contributed by atoms with Gasteiger partial charge >= 0.3 is 76.9 Å². The van der Waals surface area contributed by atoms with Crippen LogP contribution >= 0.6 is 7.92 Å². The van der Waals surface area contributed by atoms with Gasteiger partial charge in [0.25, 0.3) is 0 Å². The molecular weight excluding hydrogens is 325 g/mol. The fourth-order valence-corrected chi connectivity index (χ4v) is 5.02. The molecule has 0 aromatic carbocycles. The van der Waals surface area contributed by atoms with Gasteiger partial charge in [-0.15, -0.1) is 0 Å². The molecule has 94 valence electrons. The summed E-state index contributed by atoms with van der Waals surface area (Å²) >= 11 is 2.50. The summed E-state index contributed by atoms with van der Waals surface area (Å²) in [6.07, 6.45) is 7.29. The maximum atomic E-state index is 8.60. The third kappa shape index (κ3) is 25.5. The minimum absolute atomic E-state index is 0.432. The zero-order chi connectivity index (χ0) is 12.3. The van der Waals surface area contributed by atoms with Gasteiger partial charge in [0.2, 0.25) is 0 Å². The number of halogens is 1. The monoisotopic (exact) mass is 342 g/mol. The molecule has 0 rings (SSSR count). The molecule has 0 unspecified atom stereocenters. The Labute approximate surface area is 106 Å². The first-order valence-corrected chi connectivity index (χ1v) is 9.24. The van der Waals surface area contributed by atoms with E-state index in [9.17, 15) is 0 Å². The molecule has 15 heavy (non-hydrogen) atoms. The molecule has 0 aliphatic heterocycles. The van der Waals surface area contributed by atoms with Gasteiger partial charge in [-0.05, 0) is 0 Å². The summed E-state index contributed by atoms with van der Waals surface area (Å²) in [4.78, 5) is 1.36. The van der Waals surface area contributed by atoms with Crippen molar-refractivity contribution >= 4 is 7.92 Å². The molecule has 0 saturated carbocycles. The van der Waals surface area contributed by atoms with Gasteiger partial charge in [-0.25, -0.2) is 0 Å². The third-order valence-corrected chi connectivity index (χ3v) is 5.69. The van der Waals surface area contributed by atoms with Crippen LogP contribution in [0.15, 0.2) is 0 Å². The molecule has 0 fully saturated rings. The van der Waals surface area contributed by atoms with Crippen molar-refractivity contribution in [3.63, 3.8) is 0 Å². The van der Waals surface area contributed by atoms with Crippen LogP contribution in [-0.4, -0.2) is 23.1 Å². The Morgan fingerprint density at radius 2 is 1.40 bits per heavy atom. The Balaban J connectivity index is 0. The summed E-state index contributed by atoms with van der Waals surface area (Å²) in [7, 11) is -4.26. The standard InChI is InChI=1S/C8H18P.ClHO4.Tc/c1-4-7-9(6-3)8-5-2;2-1(3,4)5;/h3-8H2,1-2H3;(H,2,3,4,5);. The average molecular weight is 344 g/mol. The normalized spacial score (nSPS) is 11.2. The van der Waals surface area contributed by atoms with Crippen molar-refractivity contribution in [2.75, 3.05) is 18.5 Å². The third-order valence-electron chi connectivity index (χ3n) is 1.48. The van der Waals surface area contributed by atoms with Crippen molar-refractivity contribution < 1.29 is 47.8 Å². The predicted octanol–water partition coefficient (Wildman–Crippen LogP) is -0.871. The van der Waals surface area contributed by atoms with Crippen molar-refractivity contribution in [2.24, 2.45) is 0 Å². The van der Waals surface area contributed by atoms with Crippen LogP contribution in [0.1, 0.15) is 26.7 Å². The molecule has 1 N–H and O–H groups in total. The largest absolute Gasteiger partial charge is 0.183 e. The smallest absolute Gasteiger partial charge is 0.0777 e. The van der Waals surface area contributed by atoms with Gasteiger partial charge < -0.3 is 0 Å². The maximum absolute atomic E-state index is 8.60. The first kappa shape index (κ1) is 18.6. The fraction of sp³-hybridized carbons (Fsp3) is 1.00. The van der Waals surface area contributed by atoms with E-state index in [1.807, 2.05) is 0 Å². The molecular formula is C8H19ClO4PTc. The fourth-order valence-electron chi connectivity index (χ4n) is 1.09. The van der Waals surface area contributed by atoms with E-state index < -0.39 is 10.2 Å². The second kappa shape index (κ2) is 11.7. The zero-order valence-electron chi connectivity index (χ0n) is 9.12. The molecule has 0 aromatic heterocycles. The number of rotatable bonds is 6. The van der Waals surface area contributed by atoms with Gasteiger partial charge in [-0.3, -0.25) is 0 Å². The number of hydrogen-bond donors (Lipinski definition) is 1. The molecule has 0 spiro atoms. The average Bonchev–Trinajstić information content (AvgIpc) is 2.02. The predicted molar refractivity (Wildman–Crippen MR) is 49.1 cm³/mol. The second-order valence-corrected chi connectivity index (χ2v) is 7.33. The van der Waals surface area contributed by atoms with Crippen molar-refractivity contribution in [3.05, 3.63) is 0 Å². The SMILES string of the molecule is CCCP(CCC)C[CH2][Tc].[O-][Cl+3]([O-])([O-])O. The van der Waals surface area contributed by atoms with E-state index in [1.165, 1.54) is 36.3 Å². The van der Waals surface area contributed by atoms with Crippen molar-refractivity contribution in [1.29, 1.82) is 0 Å². The van der Waals surface area contributed by atoms with Gasteiger partial charge in [0.1, 0.15) is 0 Å². The Morgan fingerprint density at radius 3 is 1.60 bits per heavy atom. The van der Waals surface area contributed by atoms with Crippen molar-refractivity contribution in [3.8, 4) is 0 Å².